The maximum absolute atomic E-state index is 12.8. The number of aromatic nitrogens is 2. The molecule has 5 nitrogen and oxygen atoms in total. The lowest BCUT2D eigenvalue weighted by molar-refractivity contribution is 0.102. The van der Waals surface area contributed by atoms with Crippen molar-refractivity contribution in [2.24, 2.45) is 5.92 Å². The first-order chi connectivity index (χ1) is 12.3. The van der Waals surface area contributed by atoms with Gasteiger partial charge in [0.2, 0.25) is 0 Å². The summed E-state index contributed by atoms with van der Waals surface area (Å²) in [5, 5.41) is 2.94. The highest BCUT2D eigenvalue weighted by Gasteiger charge is 2.18. The lowest BCUT2D eigenvalue weighted by Crippen LogP contribution is -2.15. The molecule has 0 saturated carbocycles. The van der Waals surface area contributed by atoms with Crippen molar-refractivity contribution in [2.75, 3.05) is 11.9 Å². The van der Waals surface area contributed by atoms with Crippen LogP contribution in [-0.2, 0) is 0 Å². The molecule has 2 aromatic heterocycles. The monoisotopic (exact) mass is 415 g/mol. The van der Waals surface area contributed by atoms with Gasteiger partial charge in [-0.05, 0) is 71.6 Å². The highest BCUT2D eigenvalue weighted by Crippen LogP contribution is 2.23. The van der Waals surface area contributed by atoms with E-state index in [1.807, 2.05) is 54.8 Å². The minimum atomic E-state index is -0.191. The Labute approximate surface area is 161 Å². The Morgan fingerprint density at radius 1 is 1.27 bits per heavy atom. The van der Waals surface area contributed by atoms with Crippen LogP contribution in [0.15, 0.2) is 41.0 Å². The van der Waals surface area contributed by atoms with Crippen molar-refractivity contribution < 1.29 is 9.53 Å². The van der Waals surface area contributed by atoms with Gasteiger partial charge in [-0.2, -0.15) is 0 Å². The molecule has 26 heavy (non-hydrogen) atoms. The minimum absolute atomic E-state index is 0.191. The molecule has 2 heterocycles. The Morgan fingerprint density at radius 2 is 1.96 bits per heavy atom. The number of nitrogens with zero attached hydrogens (tertiary/aromatic N) is 2. The summed E-state index contributed by atoms with van der Waals surface area (Å²) in [5.41, 5.74) is 3.71. The standard InChI is InChI=1S/C20H22BrN3O2/c1-12(2)11-26-16-7-5-15(6-8-16)23-20(25)18-14(4)22-19-17(21)9-13(3)10-24(18)19/h5-10,12H,11H2,1-4H3,(H,23,25). The van der Waals surface area contributed by atoms with E-state index in [2.05, 4.69) is 40.1 Å². The first-order valence-corrected chi connectivity index (χ1v) is 9.33. The number of fused-ring (bicyclic) bond motifs is 1. The van der Waals surface area contributed by atoms with Crippen LogP contribution in [0.5, 0.6) is 5.75 Å². The van der Waals surface area contributed by atoms with E-state index in [-0.39, 0.29) is 5.91 Å². The van der Waals surface area contributed by atoms with Gasteiger partial charge in [0.15, 0.2) is 5.65 Å². The maximum atomic E-state index is 12.8. The number of amides is 1. The molecule has 0 saturated heterocycles. The molecular weight excluding hydrogens is 394 g/mol. The van der Waals surface area contributed by atoms with E-state index < -0.39 is 0 Å². The van der Waals surface area contributed by atoms with Gasteiger partial charge in [-0.1, -0.05) is 13.8 Å². The number of halogens is 1. The molecule has 136 valence electrons. The van der Waals surface area contributed by atoms with Crippen molar-refractivity contribution >= 4 is 33.2 Å². The molecule has 0 aliphatic heterocycles. The summed E-state index contributed by atoms with van der Waals surface area (Å²) in [6.07, 6.45) is 1.91. The van der Waals surface area contributed by atoms with Gasteiger partial charge < -0.3 is 10.1 Å². The Balaban J connectivity index is 1.82. The van der Waals surface area contributed by atoms with E-state index in [0.29, 0.717) is 29.6 Å². The molecule has 1 N–H and O–H groups in total. The number of pyridine rings is 1. The van der Waals surface area contributed by atoms with Crippen molar-refractivity contribution in [1.29, 1.82) is 0 Å². The number of benzene rings is 1. The smallest absolute Gasteiger partial charge is 0.274 e. The zero-order valence-corrected chi connectivity index (χ0v) is 16.9. The van der Waals surface area contributed by atoms with Crippen LogP contribution in [-0.4, -0.2) is 21.9 Å². The van der Waals surface area contributed by atoms with Crippen LogP contribution in [0, 0.1) is 19.8 Å². The number of carbonyl (C=O) groups excluding carboxylic acids is 1. The van der Waals surface area contributed by atoms with Gasteiger partial charge in [0.05, 0.1) is 16.8 Å². The second-order valence-corrected chi connectivity index (χ2v) is 7.64. The summed E-state index contributed by atoms with van der Waals surface area (Å²) in [6, 6.07) is 9.39. The summed E-state index contributed by atoms with van der Waals surface area (Å²) in [7, 11) is 0. The Bertz CT molecular complexity index is 946. The van der Waals surface area contributed by atoms with Crippen LogP contribution in [0.1, 0.15) is 35.6 Å². The third kappa shape index (κ3) is 3.90. The number of ether oxygens (including phenoxy) is 1. The minimum Gasteiger partial charge on any atom is -0.493 e. The number of hydrogen-bond donors (Lipinski definition) is 1. The quantitative estimate of drug-likeness (QED) is 0.637. The number of carbonyl (C=O) groups is 1. The molecule has 0 atom stereocenters. The van der Waals surface area contributed by atoms with Crippen molar-refractivity contribution in [3.63, 3.8) is 0 Å². The van der Waals surface area contributed by atoms with Gasteiger partial charge >= 0.3 is 0 Å². The van der Waals surface area contributed by atoms with E-state index in [1.54, 1.807) is 0 Å². The van der Waals surface area contributed by atoms with E-state index in [1.165, 1.54) is 0 Å². The molecule has 0 radical (unpaired) electrons. The molecule has 1 amide bonds. The summed E-state index contributed by atoms with van der Waals surface area (Å²) in [6.45, 7) is 8.70. The van der Waals surface area contributed by atoms with Gasteiger partial charge in [-0.25, -0.2) is 4.98 Å². The molecule has 0 fully saturated rings. The van der Waals surface area contributed by atoms with Gasteiger partial charge in [0.25, 0.3) is 5.91 Å². The first-order valence-electron chi connectivity index (χ1n) is 8.54. The average Bonchev–Trinajstić information content (AvgIpc) is 2.90. The molecule has 1 aromatic carbocycles. The lowest BCUT2D eigenvalue weighted by atomic mass is 10.2. The summed E-state index contributed by atoms with van der Waals surface area (Å²) >= 11 is 3.51. The largest absolute Gasteiger partial charge is 0.493 e. The predicted molar refractivity (Wildman–Crippen MR) is 107 cm³/mol. The SMILES string of the molecule is Cc1cc(Br)c2nc(C)c(C(=O)Nc3ccc(OCC(C)C)cc3)n2c1. The van der Waals surface area contributed by atoms with E-state index in [4.69, 9.17) is 4.74 Å². The third-order valence-corrected chi connectivity index (χ3v) is 4.48. The van der Waals surface area contributed by atoms with Gasteiger partial charge in [-0.15, -0.1) is 0 Å². The zero-order valence-electron chi connectivity index (χ0n) is 15.3. The van der Waals surface area contributed by atoms with E-state index in [0.717, 1.165) is 21.4 Å². The van der Waals surface area contributed by atoms with Crippen LogP contribution in [0.4, 0.5) is 5.69 Å². The molecule has 0 aliphatic rings. The molecule has 0 aliphatic carbocycles. The van der Waals surface area contributed by atoms with Crippen LogP contribution >= 0.6 is 15.9 Å². The molecule has 3 rings (SSSR count). The highest BCUT2D eigenvalue weighted by atomic mass is 79.9. The topological polar surface area (TPSA) is 55.6 Å². The average molecular weight is 416 g/mol. The van der Waals surface area contributed by atoms with Crippen molar-refractivity contribution in [2.45, 2.75) is 27.7 Å². The predicted octanol–water partition coefficient (Wildman–Crippen LogP) is 5.00. The number of hydrogen-bond acceptors (Lipinski definition) is 3. The molecule has 6 heteroatoms. The number of rotatable bonds is 5. The highest BCUT2D eigenvalue weighted by molar-refractivity contribution is 9.10. The second-order valence-electron chi connectivity index (χ2n) is 6.79. The second kappa shape index (κ2) is 7.50. The van der Waals surface area contributed by atoms with E-state index >= 15 is 0 Å². The Hall–Kier alpha value is -2.34. The first kappa shape index (κ1) is 18.5. The summed E-state index contributed by atoms with van der Waals surface area (Å²) in [4.78, 5) is 17.3. The van der Waals surface area contributed by atoms with Crippen LogP contribution in [0.25, 0.3) is 5.65 Å². The fourth-order valence-electron chi connectivity index (χ4n) is 2.71. The number of anilines is 1. The van der Waals surface area contributed by atoms with E-state index in [9.17, 15) is 4.79 Å². The Morgan fingerprint density at radius 3 is 2.62 bits per heavy atom. The van der Waals surface area contributed by atoms with Crippen LogP contribution in [0.3, 0.4) is 0 Å². The maximum Gasteiger partial charge on any atom is 0.274 e. The number of nitrogens with one attached hydrogen (secondary N) is 1. The molecule has 0 unspecified atom stereocenters. The molecule has 0 spiro atoms. The van der Waals surface area contributed by atoms with Crippen molar-refractivity contribution in [1.82, 2.24) is 9.38 Å². The molecule has 3 aromatic rings. The van der Waals surface area contributed by atoms with Crippen LogP contribution < -0.4 is 10.1 Å². The number of imidazole rings is 1. The fourth-order valence-corrected chi connectivity index (χ4v) is 3.35. The lowest BCUT2D eigenvalue weighted by Gasteiger charge is -2.10. The van der Waals surface area contributed by atoms with Gasteiger partial charge in [0.1, 0.15) is 11.4 Å². The van der Waals surface area contributed by atoms with Crippen LogP contribution in [0.2, 0.25) is 0 Å². The fraction of sp³-hybridized carbons (Fsp3) is 0.300. The molecule has 0 bridgehead atoms. The third-order valence-electron chi connectivity index (χ3n) is 3.90. The van der Waals surface area contributed by atoms with Crippen molar-refractivity contribution in [3.05, 3.63) is 58.0 Å². The number of aryl methyl sites for hydroxylation is 2. The van der Waals surface area contributed by atoms with Crippen molar-refractivity contribution in [3.8, 4) is 5.75 Å². The zero-order chi connectivity index (χ0) is 18.8. The Kier molecular flexibility index (Phi) is 5.32. The van der Waals surface area contributed by atoms with Gasteiger partial charge in [-0.3, -0.25) is 9.20 Å². The summed E-state index contributed by atoms with van der Waals surface area (Å²) < 4.78 is 8.36. The summed E-state index contributed by atoms with van der Waals surface area (Å²) in [5.74, 6) is 1.07. The molecular formula is C20H22BrN3O2. The normalized spacial score (nSPS) is 11.2. The van der Waals surface area contributed by atoms with Gasteiger partial charge in [0, 0.05) is 11.9 Å².